The molecule has 23 heavy (non-hydrogen) atoms. The van der Waals surface area contributed by atoms with Crippen molar-refractivity contribution in [2.75, 3.05) is 0 Å². The van der Waals surface area contributed by atoms with Gasteiger partial charge in [0.25, 0.3) is 5.56 Å². The molecule has 0 aliphatic carbocycles. The van der Waals surface area contributed by atoms with E-state index in [4.69, 9.17) is 4.74 Å². The van der Waals surface area contributed by atoms with Gasteiger partial charge in [-0.1, -0.05) is 23.8 Å². The standard InChI is InChI=1S/C18H14BrNO3/c1-11-6-7-16-12(8-11)9-13(17(21)20-16)10-23-18(22)14-4-2-3-5-15(14)19/h2-9H,10H2,1H3,(H,20,21). The highest BCUT2D eigenvalue weighted by molar-refractivity contribution is 9.10. The molecule has 1 aromatic heterocycles. The van der Waals surface area contributed by atoms with Gasteiger partial charge in [0.2, 0.25) is 0 Å². The normalized spacial score (nSPS) is 10.7. The number of pyridine rings is 1. The van der Waals surface area contributed by atoms with Crippen molar-refractivity contribution >= 4 is 32.8 Å². The molecule has 4 nitrogen and oxygen atoms in total. The van der Waals surface area contributed by atoms with Crippen LogP contribution in [0.1, 0.15) is 21.5 Å². The number of esters is 1. The molecule has 0 aliphatic heterocycles. The largest absolute Gasteiger partial charge is 0.457 e. The molecule has 0 aliphatic rings. The molecule has 3 aromatic rings. The molecule has 116 valence electrons. The van der Waals surface area contributed by atoms with Crippen LogP contribution in [-0.4, -0.2) is 11.0 Å². The van der Waals surface area contributed by atoms with Crippen LogP contribution in [0.15, 0.2) is 57.8 Å². The summed E-state index contributed by atoms with van der Waals surface area (Å²) in [6.07, 6.45) is 0. The number of carbonyl (C=O) groups is 1. The van der Waals surface area contributed by atoms with E-state index in [0.29, 0.717) is 15.6 Å². The molecule has 5 heteroatoms. The lowest BCUT2D eigenvalue weighted by Crippen LogP contribution is -2.15. The van der Waals surface area contributed by atoms with Crippen molar-refractivity contribution in [1.82, 2.24) is 4.98 Å². The van der Waals surface area contributed by atoms with Gasteiger partial charge in [-0.05, 0) is 58.6 Å². The van der Waals surface area contributed by atoms with Gasteiger partial charge in [-0.15, -0.1) is 0 Å². The first-order valence-electron chi connectivity index (χ1n) is 7.09. The monoisotopic (exact) mass is 371 g/mol. The molecular weight excluding hydrogens is 358 g/mol. The third-order valence-corrected chi connectivity index (χ3v) is 4.22. The van der Waals surface area contributed by atoms with Crippen molar-refractivity contribution in [3.63, 3.8) is 0 Å². The number of H-pyrrole nitrogens is 1. The van der Waals surface area contributed by atoms with Crippen LogP contribution in [0.5, 0.6) is 0 Å². The fourth-order valence-corrected chi connectivity index (χ4v) is 2.77. The summed E-state index contributed by atoms with van der Waals surface area (Å²) in [5.41, 5.74) is 2.47. The Morgan fingerprint density at radius 2 is 1.96 bits per heavy atom. The van der Waals surface area contributed by atoms with Crippen molar-refractivity contribution in [2.24, 2.45) is 0 Å². The van der Waals surface area contributed by atoms with Crippen molar-refractivity contribution < 1.29 is 9.53 Å². The number of benzene rings is 2. The van der Waals surface area contributed by atoms with Crippen LogP contribution in [-0.2, 0) is 11.3 Å². The summed E-state index contributed by atoms with van der Waals surface area (Å²) >= 11 is 3.31. The molecule has 0 bridgehead atoms. The molecular formula is C18H14BrNO3. The lowest BCUT2D eigenvalue weighted by atomic mass is 10.1. The summed E-state index contributed by atoms with van der Waals surface area (Å²) in [5, 5.41) is 0.913. The van der Waals surface area contributed by atoms with Gasteiger partial charge in [0, 0.05) is 9.99 Å². The zero-order valence-corrected chi connectivity index (χ0v) is 14.0. The Bertz CT molecular complexity index is 946. The molecule has 1 heterocycles. The summed E-state index contributed by atoms with van der Waals surface area (Å²) in [6.45, 7) is 1.91. The van der Waals surface area contributed by atoms with Gasteiger partial charge in [0.05, 0.1) is 11.1 Å². The summed E-state index contributed by atoms with van der Waals surface area (Å²) < 4.78 is 5.93. The Balaban J connectivity index is 1.84. The van der Waals surface area contributed by atoms with Crippen molar-refractivity contribution in [2.45, 2.75) is 13.5 Å². The smallest absolute Gasteiger partial charge is 0.339 e. The zero-order chi connectivity index (χ0) is 16.4. The molecule has 0 radical (unpaired) electrons. The molecule has 1 N–H and O–H groups in total. The van der Waals surface area contributed by atoms with Crippen molar-refractivity contribution in [1.29, 1.82) is 0 Å². The van der Waals surface area contributed by atoms with E-state index in [1.807, 2.05) is 31.2 Å². The third kappa shape index (κ3) is 3.35. The first-order valence-corrected chi connectivity index (χ1v) is 7.88. The fraction of sp³-hybridized carbons (Fsp3) is 0.111. The van der Waals surface area contributed by atoms with Gasteiger partial charge in [-0.3, -0.25) is 4.79 Å². The first kappa shape index (κ1) is 15.5. The lowest BCUT2D eigenvalue weighted by Gasteiger charge is -2.07. The maximum Gasteiger partial charge on any atom is 0.339 e. The van der Waals surface area contributed by atoms with E-state index in [1.165, 1.54) is 0 Å². The molecule has 0 saturated carbocycles. The number of carbonyl (C=O) groups excluding carboxylic acids is 1. The highest BCUT2D eigenvalue weighted by Crippen LogP contribution is 2.18. The van der Waals surface area contributed by atoms with Crippen LogP contribution in [0.4, 0.5) is 0 Å². The fourth-order valence-electron chi connectivity index (χ4n) is 2.33. The summed E-state index contributed by atoms with van der Waals surface area (Å²) in [7, 11) is 0. The third-order valence-electron chi connectivity index (χ3n) is 3.53. The van der Waals surface area contributed by atoms with E-state index in [0.717, 1.165) is 16.5 Å². The second-order valence-corrected chi connectivity index (χ2v) is 6.12. The number of ether oxygens (including phenoxy) is 1. The molecule has 0 fully saturated rings. The summed E-state index contributed by atoms with van der Waals surface area (Å²) in [5.74, 6) is -0.471. The van der Waals surface area contributed by atoms with Crippen LogP contribution >= 0.6 is 15.9 Å². The molecule has 0 saturated heterocycles. The Morgan fingerprint density at radius 1 is 1.17 bits per heavy atom. The highest BCUT2D eigenvalue weighted by Gasteiger charge is 2.12. The number of hydrogen-bond acceptors (Lipinski definition) is 3. The van der Waals surface area contributed by atoms with E-state index in [-0.39, 0.29) is 12.2 Å². The number of aromatic nitrogens is 1. The SMILES string of the molecule is Cc1ccc2[nH]c(=O)c(COC(=O)c3ccccc3Br)cc2c1. The first-order chi connectivity index (χ1) is 11.0. The number of halogens is 1. The van der Waals surface area contributed by atoms with E-state index in [2.05, 4.69) is 20.9 Å². The number of aryl methyl sites for hydroxylation is 1. The van der Waals surface area contributed by atoms with E-state index >= 15 is 0 Å². The van der Waals surface area contributed by atoms with Gasteiger partial charge >= 0.3 is 5.97 Å². The lowest BCUT2D eigenvalue weighted by molar-refractivity contribution is 0.0470. The number of fused-ring (bicyclic) bond motifs is 1. The Hall–Kier alpha value is -2.40. The van der Waals surface area contributed by atoms with Gasteiger partial charge in [-0.25, -0.2) is 4.79 Å². The number of hydrogen-bond donors (Lipinski definition) is 1. The van der Waals surface area contributed by atoms with Gasteiger partial charge in [-0.2, -0.15) is 0 Å². The molecule has 2 aromatic carbocycles. The van der Waals surface area contributed by atoms with Gasteiger partial charge < -0.3 is 9.72 Å². The van der Waals surface area contributed by atoms with Crippen molar-refractivity contribution in [3.05, 3.63) is 80.0 Å². The van der Waals surface area contributed by atoms with Crippen molar-refractivity contribution in [3.8, 4) is 0 Å². The van der Waals surface area contributed by atoms with Crippen LogP contribution < -0.4 is 5.56 Å². The molecule has 0 amide bonds. The van der Waals surface area contributed by atoms with Crippen LogP contribution in [0, 0.1) is 6.92 Å². The topological polar surface area (TPSA) is 59.2 Å². The predicted molar refractivity (Wildman–Crippen MR) is 92.6 cm³/mol. The van der Waals surface area contributed by atoms with E-state index < -0.39 is 5.97 Å². The zero-order valence-electron chi connectivity index (χ0n) is 12.4. The summed E-state index contributed by atoms with van der Waals surface area (Å²) in [6, 6.07) is 14.5. The second kappa shape index (κ2) is 6.38. The minimum Gasteiger partial charge on any atom is -0.457 e. The van der Waals surface area contributed by atoms with Gasteiger partial charge in [0.15, 0.2) is 0 Å². The quantitative estimate of drug-likeness (QED) is 0.708. The Labute approximate surface area is 141 Å². The van der Waals surface area contributed by atoms with E-state index in [1.54, 1.807) is 24.3 Å². The minimum absolute atomic E-state index is 0.0701. The summed E-state index contributed by atoms with van der Waals surface area (Å²) in [4.78, 5) is 27.0. The maximum atomic E-state index is 12.1. The number of nitrogens with one attached hydrogen (secondary N) is 1. The molecule has 0 spiro atoms. The van der Waals surface area contributed by atoms with Crippen LogP contribution in [0.3, 0.4) is 0 Å². The minimum atomic E-state index is -0.471. The molecule has 0 atom stereocenters. The van der Waals surface area contributed by atoms with Crippen LogP contribution in [0.2, 0.25) is 0 Å². The Kier molecular flexibility index (Phi) is 4.30. The average Bonchev–Trinajstić information content (AvgIpc) is 2.53. The predicted octanol–water partition coefficient (Wildman–Crippen LogP) is 3.96. The second-order valence-electron chi connectivity index (χ2n) is 5.27. The number of rotatable bonds is 3. The average molecular weight is 372 g/mol. The highest BCUT2D eigenvalue weighted by atomic mass is 79.9. The van der Waals surface area contributed by atoms with E-state index in [9.17, 15) is 9.59 Å². The van der Waals surface area contributed by atoms with Crippen LogP contribution in [0.25, 0.3) is 10.9 Å². The maximum absolute atomic E-state index is 12.1. The molecule has 0 unspecified atom stereocenters. The number of aromatic amines is 1. The Morgan fingerprint density at radius 3 is 2.74 bits per heavy atom. The van der Waals surface area contributed by atoms with Gasteiger partial charge in [0.1, 0.15) is 6.61 Å². The molecule has 3 rings (SSSR count).